The Morgan fingerprint density at radius 2 is 1.82 bits per heavy atom. The Bertz CT molecular complexity index is 744. The standard InChI is InChI=1S/C16H13NO3S2/c1-10-2-7-14-15(8-10)22-16(21-14)9-13(18)11-3-5-12(6-4-11)17(19)20/h2-8,16H,9H2,1H3. The van der Waals surface area contributed by atoms with Gasteiger partial charge in [0.1, 0.15) is 0 Å². The monoisotopic (exact) mass is 331 g/mol. The fourth-order valence-corrected chi connectivity index (χ4v) is 5.13. The number of ketones is 1. The second-order valence-corrected chi connectivity index (χ2v) is 7.83. The van der Waals surface area contributed by atoms with E-state index >= 15 is 0 Å². The lowest BCUT2D eigenvalue weighted by atomic mass is 10.1. The summed E-state index contributed by atoms with van der Waals surface area (Å²) in [5, 5.41) is 10.6. The van der Waals surface area contributed by atoms with Crippen LogP contribution in [0.15, 0.2) is 52.3 Å². The molecule has 0 aromatic heterocycles. The van der Waals surface area contributed by atoms with Gasteiger partial charge in [0.05, 0.1) is 9.51 Å². The summed E-state index contributed by atoms with van der Waals surface area (Å²) in [6.45, 7) is 2.06. The van der Waals surface area contributed by atoms with Gasteiger partial charge >= 0.3 is 0 Å². The van der Waals surface area contributed by atoms with Crippen LogP contribution in [0.3, 0.4) is 0 Å². The summed E-state index contributed by atoms with van der Waals surface area (Å²) in [4.78, 5) is 24.9. The molecule has 0 spiro atoms. The first-order chi connectivity index (χ1) is 10.5. The van der Waals surface area contributed by atoms with Crippen molar-refractivity contribution in [3.63, 3.8) is 0 Å². The lowest BCUT2D eigenvalue weighted by molar-refractivity contribution is -0.384. The molecule has 2 aromatic rings. The number of nitrogens with zero attached hydrogens (tertiary/aromatic N) is 1. The van der Waals surface area contributed by atoms with E-state index in [4.69, 9.17) is 0 Å². The highest BCUT2D eigenvalue weighted by molar-refractivity contribution is 8.19. The predicted octanol–water partition coefficient (Wildman–Crippen LogP) is 4.70. The van der Waals surface area contributed by atoms with E-state index < -0.39 is 4.92 Å². The number of nitro groups is 1. The third-order valence-corrected chi connectivity index (χ3v) is 6.14. The zero-order chi connectivity index (χ0) is 15.7. The molecule has 3 rings (SSSR count). The minimum atomic E-state index is -0.462. The maximum Gasteiger partial charge on any atom is 0.269 e. The van der Waals surface area contributed by atoms with Gasteiger partial charge in [-0.3, -0.25) is 14.9 Å². The molecule has 22 heavy (non-hydrogen) atoms. The number of nitro benzene ring substituents is 1. The molecular formula is C16H13NO3S2. The molecule has 0 saturated heterocycles. The fraction of sp³-hybridized carbons (Fsp3) is 0.188. The minimum Gasteiger partial charge on any atom is -0.294 e. The molecule has 0 amide bonds. The van der Waals surface area contributed by atoms with Crippen molar-refractivity contribution in [1.82, 2.24) is 0 Å². The number of Topliss-reactive ketones (excluding diaryl/α,β-unsaturated/α-hetero) is 1. The van der Waals surface area contributed by atoms with Crippen LogP contribution in [-0.2, 0) is 0 Å². The largest absolute Gasteiger partial charge is 0.294 e. The second kappa shape index (κ2) is 6.14. The van der Waals surface area contributed by atoms with Crippen LogP contribution in [0.25, 0.3) is 0 Å². The zero-order valence-electron chi connectivity index (χ0n) is 11.8. The van der Waals surface area contributed by atoms with E-state index in [2.05, 4.69) is 25.1 Å². The van der Waals surface area contributed by atoms with Crippen molar-refractivity contribution < 1.29 is 9.72 Å². The summed E-state index contributed by atoms with van der Waals surface area (Å²) >= 11 is 3.43. The van der Waals surface area contributed by atoms with Crippen molar-refractivity contribution in [3.05, 3.63) is 63.7 Å². The molecule has 1 aliphatic rings. The molecule has 1 atom stereocenters. The fourth-order valence-electron chi connectivity index (χ4n) is 2.23. The lowest BCUT2D eigenvalue weighted by Gasteiger charge is -2.06. The van der Waals surface area contributed by atoms with Crippen LogP contribution in [0.2, 0.25) is 0 Å². The summed E-state index contributed by atoms with van der Waals surface area (Å²) in [5.41, 5.74) is 1.75. The number of hydrogen-bond acceptors (Lipinski definition) is 5. The van der Waals surface area contributed by atoms with E-state index in [-0.39, 0.29) is 16.1 Å². The topological polar surface area (TPSA) is 60.2 Å². The van der Waals surface area contributed by atoms with Crippen molar-refractivity contribution in [3.8, 4) is 0 Å². The van der Waals surface area contributed by atoms with Crippen LogP contribution in [-0.4, -0.2) is 15.3 Å². The van der Waals surface area contributed by atoms with Crippen LogP contribution in [0, 0.1) is 17.0 Å². The Morgan fingerprint density at radius 3 is 2.50 bits per heavy atom. The van der Waals surface area contributed by atoms with Gasteiger partial charge in [0.15, 0.2) is 5.78 Å². The Hall–Kier alpha value is -1.79. The number of fused-ring (bicyclic) bond motifs is 1. The molecule has 0 N–H and O–H groups in total. The van der Waals surface area contributed by atoms with Gasteiger partial charge in [-0.2, -0.15) is 0 Å². The molecule has 2 aromatic carbocycles. The van der Waals surface area contributed by atoms with E-state index in [1.165, 1.54) is 39.6 Å². The van der Waals surface area contributed by atoms with Gasteiger partial charge in [-0.25, -0.2) is 0 Å². The summed E-state index contributed by atoms with van der Waals surface area (Å²) in [5.74, 6) is 0.0180. The van der Waals surface area contributed by atoms with Crippen molar-refractivity contribution >= 4 is 35.0 Å². The number of hydrogen-bond donors (Lipinski definition) is 0. The molecule has 112 valence electrons. The Balaban J connectivity index is 1.67. The van der Waals surface area contributed by atoms with E-state index in [0.29, 0.717) is 12.0 Å². The average molecular weight is 331 g/mol. The summed E-state index contributed by atoms with van der Waals surface area (Å²) in [7, 11) is 0. The molecule has 0 aliphatic carbocycles. The van der Waals surface area contributed by atoms with Gasteiger partial charge in [-0.15, -0.1) is 23.5 Å². The average Bonchev–Trinajstić information content (AvgIpc) is 2.88. The number of benzene rings is 2. The lowest BCUT2D eigenvalue weighted by Crippen LogP contribution is -2.05. The first-order valence-electron chi connectivity index (χ1n) is 6.74. The molecular weight excluding hydrogens is 318 g/mol. The van der Waals surface area contributed by atoms with Gasteiger partial charge in [-0.1, -0.05) is 6.07 Å². The maximum atomic E-state index is 12.3. The number of thioether (sulfide) groups is 2. The number of aryl methyl sites for hydroxylation is 1. The van der Waals surface area contributed by atoms with Crippen molar-refractivity contribution in [2.45, 2.75) is 27.7 Å². The van der Waals surface area contributed by atoms with Crippen LogP contribution >= 0.6 is 23.5 Å². The van der Waals surface area contributed by atoms with E-state index in [9.17, 15) is 14.9 Å². The van der Waals surface area contributed by atoms with Crippen molar-refractivity contribution in [1.29, 1.82) is 0 Å². The van der Waals surface area contributed by atoms with Crippen LogP contribution in [0.5, 0.6) is 0 Å². The van der Waals surface area contributed by atoms with Crippen LogP contribution in [0.1, 0.15) is 22.3 Å². The Morgan fingerprint density at radius 1 is 1.14 bits per heavy atom. The third-order valence-electron chi connectivity index (χ3n) is 3.37. The molecule has 6 heteroatoms. The molecule has 1 aliphatic heterocycles. The number of carbonyl (C=O) groups excluding carboxylic acids is 1. The molecule has 0 bridgehead atoms. The van der Waals surface area contributed by atoms with Gasteiger partial charge in [-0.05, 0) is 36.8 Å². The first kappa shape index (κ1) is 15.1. The molecule has 0 fully saturated rings. The normalized spacial score (nSPS) is 16.3. The quantitative estimate of drug-likeness (QED) is 0.462. The number of non-ortho nitro benzene ring substituents is 1. The van der Waals surface area contributed by atoms with Gasteiger partial charge in [0.2, 0.25) is 0 Å². The highest BCUT2D eigenvalue weighted by Crippen LogP contribution is 2.49. The van der Waals surface area contributed by atoms with Gasteiger partial charge < -0.3 is 0 Å². The third kappa shape index (κ3) is 3.18. The van der Waals surface area contributed by atoms with Gasteiger partial charge in [0, 0.05) is 33.9 Å². The molecule has 1 heterocycles. The summed E-state index contributed by atoms with van der Waals surface area (Å²) < 4.78 is 0.166. The highest BCUT2D eigenvalue weighted by Gasteiger charge is 2.25. The second-order valence-electron chi connectivity index (χ2n) is 5.05. The van der Waals surface area contributed by atoms with Gasteiger partial charge in [0.25, 0.3) is 5.69 Å². The van der Waals surface area contributed by atoms with Crippen molar-refractivity contribution in [2.75, 3.05) is 0 Å². The zero-order valence-corrected chi connectivity index (χ0v) is 13.4. The van der Waals surface area contributed by atoms with Crippen molar-refractivity contribution in [2.24, 2.45) is 0 Å². The number of rotatable bonds is 4. The summed E-state index contributed by atoms with van der Waals surface area (Å²) in [6, 6.07) is 12.1. The molecule has 0 radical (unpaired) electrons. The number of carbonyl (C=O) groups is 1. The Kier molecular flexibility index (Phi) is 4.22. The maximum absolute atomic E-state index is 12.3. The highest BCUT2D eigenvalue weighted by atomic mass is 32.2. The van der Waals surface area contributed by atoms with E-state index in [0.717, 1.165) is 0 Å². The summed E-state index contributed by atoms with van der Waals surface area (Å²) in [6.07, 6.45) is 0.418. The van der Waals surface area contributed by atoms with Crippen LogP contribution < -0.4 is 0 Å². The molecule has 1 unspecified atom stereocenters. The van der Waals surface area contributed by atoms with Crippen LogP contribution in [0.4, 0.5) is 5.69 Å². The van der Waals surface area contributed by atoms with E-state index in [1.807, 2.05) is 0 Å². The Labute approximate surface area is 136 Å². The SMILES string of the molecule is Cc1ccc2c(c1)SC(CC(=O)c1ccc([N+](=O)[O-])cc1)S2. The first-order valence-corrected chi connectivity index (χ1v) is 8.50. The predicted molar refractivity (Wildman–Crippen MR) is 88.7 cm³/mol. The molecule has 4 nitrogen and oxygen atoms in total. The smallest absolute Gasteiger partial charge is 0.269 e. The van der Waals surface area contributed by atoms with E-state index in [1.54, 1.807) is 23.5 Å². The molecule has 0 saturated carbocycles. The minimum absolute atomic E-state index is 0.00375.